The third-order valence-electron chi connectivity index (χ3n) is 4.09. The number of rotatable bonds is 7. The van der Waals surface area contributed by atoms with Crippen molar-refractivity contribution in [2.45, 2.75) is 19.8 Å². The van der Waals surface area contributed by atoms with Crippen molar-refractivity contribution in [3.05, 3.63) is 80.6 Å². The fraction of sp³-hybridized carbons (Fsp3) is 0.182. The van der Waals surface area contributed by atoms with Crippen LogP contribution >= 0.6 is 31.9 Å². The van der Waals surface area contributed by atoms with Gasteiger partial charge in [-0.05, 0) is 87.5 Å². The van der Waals surface area contributed by atoms with Crippen molar-refractivity contribution in [2.24, 2.45) is 0 Å². The van der Waals surface area contributed by atoms with Crippen LogP contribution in [0.1, 0.15) is 24.7 Å². The summed E-state index contributed by atoms with van der Waals surface area (Å²) in [5.41, 5.74) is 2.07. The molecule has 140 valence electrons. The van der Waals surface area contributed by atoms with Gasteiger partial charge in [0.1, 0.15) is 22.9 Å². The van der Waals surface area contributed by atoms with Gasteiger partial charge in [0.05, 0.1) is 15.6 Å². The Balaban J connectivity index is 1.68. The van der Waals surface area contributed by atoms with Crippen LogP contribution in [0.4, 0.5) is 0 Å². The van der Waals surface area contributed by atoms with Gasteiger partial charge in [-0.1, -0.05) is 30.3 Å². The molecule has 1 N–H and O–H groups in total. The summed E-state index contributed by atoms with van der Waals surface area (Å²) in [6.07, 6.45) is 5.29. The molecule has 0 bridgehead atoms. The smallest absolute Gasteiger partial charge is 0.136 e. The number of aliphatic hydroxyl groups excluding tert-OH is 1. The van der Waals surface area contributed by atoms with E-state index in [1.165, 1.54) is 5.56 Å². The second-order valence-corrected chi connectivity index (χ2v) is 7.78. The maximum Gasteiger partial charge on any atom is 0.136 e. The molecule has 0 aliphatic heterocycles. The minimum Gasteiger partial charge on any atom is -0.507 e. The van der Waals surface area contributed by atoms with Gasteiger partial charge < -0.3 is 14.3 Å². The SMILES string of the molecule is C/C=C(O)\C(Br)=C/c1cc2cc(OCCCc3ccccc3)c(Br)cc2o1. The van der Waals surface area contributed by atoms with Crippen LogP contribution in [0.5, 0.6) is 5.75 Å². The number of fused-ring (bicyclic) bond motifs is 1. The molecule has 3 rings (SSSR count). The Hall–Kier alpha value is -1.98. The molecule has 1 heterocycles. The molecular formula is C22H20Br2O3. The Kier molecular flexibility index (Phi) is 6.80. The predicted molar refractivity (Wildman–Crippen MR) is 117 cm³/mol. The van der Waals surface area contributed by atoms with Crippen LogP contribution < -0.4 is 4.74 Å². The zero-order valence-corrected chi connectivity index (χ0v) is 18.1. The molecule has 2 aromatic carbocycles. The number of hydrogen-bond acceptors (Lipinski definition) is 3. The molecule has 0 spiro atoms. The Morgan fingerprint density at radius 2 is 1.96 bits per heavy atom. The van der Waals surface area contributed by atoms with Crippen molar-refractivity contribution in [1.82, 2.24) is 0 Å². The van der Waals surface area contributed by atoms with E-state index in [-0.39, 0.29) is 5.76 Å². The van der Waals surface area contributed by atoms with E-state index < -0.39 is 0 Å². The van der Waals surface area contributed by atoms with Crippen LogP contribution in [0.2, 0.25) is 0 Å². The maximum atomic E-state index is 9.73. The van der Waals surface area contributed by atoms with Crippen molar-refractivity contribution in [3.63, 3.8) is 0 Å². The summed E-state index contributed by atoms with van der Waals surface area (Å²) in [7, 11) is 0. The van der Waals surface area contributed by atoms with Gasteiger partial charge >= 0.3 is 0 Å². The fourth-order valence-electron chi connectivity index (χ4n) is 2.68. The number of benzene rings is 2. The molecule has 0 atom stereocenters. The zero-order valence-electron chi connectivity index (χ0n) is 14.9. The predicted octanol–water partition coefficient (Wildman–Crippen LogP) is 7.40. The highest BCUT2D eigenvalue weighted by Gasteiger charge is 2.09. The summed E-state index contributed by atoms with van der Waals surface area (Å²) < 4.78 is 13.2. The molecule has 0 fully saturated rings. The number of hydrogen-bond donors (Lipinski definition) is 1. The molecule has 5 heteroatoms. The first-order valence-corrected chi connectivity index (χ1v) is 10.3. The molecule has 0 saturated heterocycles. The molecular weight excluding hydrogens is 472 g/mol. The average Bonchev–Trinajstić information content (AvgIpc) is 3.06. The van der Waals surface area contributed by atoms with Crippen LogP contribution in [0.15, 0.2) is 73.7 Å². The highest BCUT2D eigenvalue weighted by molar-refractivity contribution is 9.12. The molecule has 3 aromatic rings. The average molecular weight is 492 g/mol. The molecule has 0 saturated carbocycles. The summed E-state index contributed by atoms with van der Waals surface area (Å²) in [6, 6.07) is 16.2. The van der Waals surface area contributed by atoms with Gasteiger partial charge in [-0.15, -0.1) is 0 Å². The number of halogens is 2. The van der Waals surface area contributed by atoms with Crippen molar-refractivity contribution < 1.29 is 14.3 Å². The van der Waals surface area contributed by atoms with E-state index in [9.17, 15) is 5.11 Å². The third kappa shape index (κ3) is 5.27. The highest BCUT2D eigenvalue weighted by atomic mass is 79.9. The van der Waals surface area contributed by atoms with E-state index in [0.717, 1.165) is 34.0 Å². The van der Waals surface area contributed by atoms with E-state index in [1.54, 1.807) is 19.1 Å². The first-order chi connectivity index (χ1) is 13.1. The quantitative estimate of drug-likeness (QED) is 0.212. The minimum atomic E-state index is 0.166. The zero-order chi connectivity index (χ0) is 19.2. The molecule has 3 nitrogen and oxygen atoms in total. The van der Waals surface area contributed by atoms with Crippen LogP contribution in [0, 0.1) is 0 Å². The van der Waals surface area contributed by atoms with Crippen molar-refractivity contribution in [1.29, 1.82) is 0 Å². The van der Waals surface area contributed by atoms with E-state index >= 15 is 0 Å². The lowest BCUT2D eigenvalue weighted by Gasteiger charge is -2.08. The largest absolute Gasteiger partial charge is 0.507 e. The molecule has 0 aliphatic rings. The molecule has 0 radical (unpaired) electrons. The molecule has 1 aromatic heterocycles. The Morgan fingerprint density at radius 1 is 1.19 bits per heavy atom. The number of aliphatic hydroxyl groups is 1. The number of ether oxygens (including phenoxy) is 1. The first kappa shape index (κ1) is 19.8. The Labute approximate surface area is 175 Å². The second kappa shape index (κ2) is 9.29. The lowest BCUT2D eigenvalue weighted by atomic mass is 10.1. The van der Waals surface area contributed by atoms with Gasteiger partial charge in [-0.25, -0.2) is 0 Å². The van der Waals surface area contributed by atoms with Gasteiger partial charge in [0.2, 0.25) is 0 Å². The van der Waals surface area contributed by atoms with Gasteiger partial charge in [0.15, 0.2) is 0 Å². The monoisotopic (exact) mass is 490 g/mol. The lowest BCUT2D eigenvalue weighted by molar-refractivity contribution is 0.309. The molecule has 0 amide bonds. The topological polar surface area (TPSA) is 42.6 Å². The summed E-state index contributed by atoms with van der Waals surface area (Å²) in [4.78, 5) is 0. The molecule has 27 heavy (non-hydrogen) atoms. The summed E-state index contributed by atoms with van der Waals surface area (Å²) in [5.74, 6) is 1.61. The number of aryl methyl sites for hydroxylation is 1. The van der Waals surface area contributed by atoms with Crippen molar-refractivity contribution >= 4 is 48.9 Å². The first-order valence-electron chi connectivity index (χ1n) is 8.69. The van der Waals surface area contributed by atoms with E-state index in [4.69, 9.17) is 9.15 Å². The summed E-state index contributed by atoms with van der Waals surface area (Å²) in [6.45, 7) is 2.41. The summed E-state index contributed by atoms with van der Waals surface area (Å²) in [5, 5.41) is 10.7. The van der Waals surface area contributed by atoms with E-state index in [0.29, 0.717) is 16.8 Å². The van der Waals surface area contributed by atoms with Gasteiger partial charge in [0, 0.05) is 5.39 Å². The van der Waals surface area contributed by atoms with Crippen molar-refractivity contribution in [2.75, 3.05) is 6.61 Å². The number of allylic oxidation sites excluding steroid dienone is 2. The van der Waals surface area contributed by atoms with Crippen LogP contribution in [-0.4, -0.2) is 11.7 Å². The van der Waals surface area contributed by atoms with E-state index in [2.05, 4.69) is 56.1 Å². The van der Waals surface area contributed by atoms with Crippen molar-refractivity contribution in [3.8, 4) is 5.75 Å². The maximum absolute atomic E-state index is 9.73. The van der Waals surface area contributed by atoms with Gasteiger partial charge in [-0.3, -0.25) is 0 Å². The van der Waals surface area contributed by atoms with Crippen LogP contribution in [-0.2, 0) is 6.42 Å². The Morgan fingerprint density at radius 3 is 2.70 bits per heavy atom. The number of furan rings is 1. The second-order valence-electron chi connectivity index (χ2n) is 6.07. The summed E-state index contributed by atoms with van der Waals surface area (Å²) >= 11 is 6.89. The standard InChI is InChI=1S/C22H20Br2O3/c1-2-20(25)18(23)13-17-11-16-12-22(19(24)14-21(16)27-17)26-10-6-9-15-7-4-3-5-8-15/h2-5,7-8,11-14,25H,6,9-10H2,1H3/b18-13+,20-2+. The van der Waals surface area contributed by atoms with E-state index in [1.807, 2.05) is 24.3 Å². The molecule has 0 unspecified atom stereocenters. The fourth-order valence-corrected chi connectivity index (χ4v) is 3.57. The molecule has 0 aliphatic carbocycles. The van der Waals surface area contributed by atoms with Crippen LogP contribution in [0.3, 0.4) is 0 Å². The normalized spacial score (nSPS) is 12.6. The lowest BCUT2D eigenvalue weighted by Crippen LogP contribution is -1.99. The van der Waals surface area contributed by atoms with Crippen LogP contribution in [0.25, 0.3) is 17.0 Å². The third-order valence-corrected chi connectivity index (χ3v) is 5.34. The van der Waals surface area contributed by atoms with Gasteiger partial charge in [0.25, 0.3) is 0 Å². The van der Waals surface area contributed by atoms with Gasteiger partial charge in [-0.2, -0.15) is 0 Å². The Bertz CT molecular complexity index is 972. The minimum absolute atomic E-state index is 0.166. The highest BCUT2D eigenvalue weighted by Crippen LogP contribution is 2.33.